The Kier molecular flexibility index (Phi) is 5.76. The van der Waals surface area contributed by atoms with Crippen molar-refractivity contribution in [2.45, 2.75) is 26.2 Å². The summed E-state index contributed by atoms with van der Waals surface area (Å²) in [5, 5.41) is 11.8. The summed E-state index contributed by atoms with van der Waals surface area (Å²) in [6.07, 6.45) is 1.00. The average molecular weight is 308 g/mol. The summed E-state index contributed by atoms with van der Waals surface area (Å²) in [6, 6.07) is 16.6. The maximum absolute atomic E-state index is 12.1. The van der Waals surface area contributed by atoms with E-state index in [9.17, 15) is 4.79 Å². The van der Waals surface area contributed by atoms with Gasteiger partial charge in [-0.1, -0.05) is 38.1 Å². The molecule has 0 aromatic heterocycles. The molecule has 0 heterocycles. The third-order valence-corrected chi connectivity index (χ3v) is 3.71. The zero-order valence-corrected chi connectivity index (χ0v) is 13.4. The van der Waals surface area contributed by atoms with Crippen molar-refractivity contribution < 1.29 is 9.53 Å². The lowest BCUT2D eigenvalue weighted by Gasteiger charge is -2.15. The van der Waals surface area contributed by atoms with Crippen molar-refractivity contribution >= 4 is 11.6 Å². The van der Waals surface area contributed by atoms with Crippen LogP contribution in [-0.4, -0.2) is 12.5 Å². The van der Waals surface area contributed by atoms with Crippen molar-refractivity contribution in [3.05, 3.63) is 59.7 Å². The van der Waals surface area contributed by atoms with Crippen LogP contribution in [0, 0.1) is 11.3 Å². The normalized spacial score (nSPS) is 11.3. The summed E-state index contributed by atoms with van der Waals surface area (Å²) in [4.78, 5) is 12.1. The van der Waals surface area contributed by atoms with Crippen molar-refractivity contribution in [2.75, 3.05) is 11.9 Å². The Morgan fingerprint density at radius 3 is 2.78 bits per heavy atom. The van der Waals surface area contributed by atoms with Gasteiger partial charge in [-0.05, 0) is 42.2 Å². The average Bonchev–Trinajstić information content (AvgIpc) is 2.60. The van der Waals surface area contributed by atoms with Gasteiger partial charge in [-0.2, -0.15) is 5.26 Å². The van der Waals surface area contributed by atoms with Crippen LogP contribution in [-0.2, 0) is 4.79 Å². The minimum Gasteiger partial charge on any atom is -0.484 e. The van der Waals surface area contributed by atoms with E-state index in [0.29, 0.717) is 17.2 Å². The van der Waals surface area contributed by atoms with Gasteiger partial charge in [0.1, 0.15) is 5.75 Å². The number of carbonyl (C=O) groups excluding carboxylic acids is 1. The predicted octanol–water partition coefficient (Wildman–Crippen LogP) is 4.09. The van der Waals surface area contributed by atoms with E-state index in [2.05, 4.69) is 19.2 Å². The Balaban J connectivity index is 1.99. The van der Waals surface area contributed by atoms with E-state index in [1.54, 1.807) is 24.3 Å². The molecule has 0 saturated carbocycles. The van der Waals surface area contributed by atoms with E-state index < -0.39 is 0 Å². The number of anilines is 1. The first-order valence-electron chi connectivity index (χ1n) is 7.65. The molecule has 4 nitrogen and oxygen atoms in total. The first-order chi connectivity index (χ1) is 11.1. The fourth-order valence-corrected chi connectivity index (χ4v) is 2.25. The first-order valence-corrected chi connectivity index (χ1v) is 7.65. The van der Waals surface area contributed by atoms with Gasteiger partial charge in [0.15, 0.2) is 6.61 Å². The number of rotatable bonds is 6. The molecule has 0 spiro atoms. The third kappa shape index (κ3) is 4.58. The van der Waals surface area contributed by atoms with E-state index >= 15 is 0 Å². The van der Waals surface area contributed by atoms with Crippen LogP contribution in [0.15, 0.2) is 48.5 Å². The monoisotopic (exact) mass is 308 g/mol. The molecule has 23 heavy (non-hydrogen) atoms. The SMILES string of the molecule is CC[C@H](C)c1ccccc1NC(=O)COc1cccc(C#N)c1. The number of nitrogens with one attached hydrogen (secondary N) is 1. The van der Waals surface area contributed by atoms with Crippen molar-refractivity contribution in [3.63, 3.8) is 0 Å². The molecule has 0 saturated heterocycles. The molecule has 2 aromatic rings. The molecule has 0 fully saturated rings. The molecule has 0 aliphatic rings. The Morgan fingerprint density at radius 2 is 2.04 bits per heavy atom. The molecule has 0 unspecified atom stereocenters. The van der Waals surface area contributed by atoms with Gasteiger partial charge in [-0.3, -0.25) is 4.79 Å². The Hall–Kier alpha value is -2.80. The first kappa shape index (κ1) is 16.6. The molecule has 0 aliphatic heterocycles. The Bertz CT molecular complexity index is 719. The fraction of sp³-hybridized carbons (Fsp3) is 0.263. The van der Waals surface area contributed by atoms with Crippen molar-refractivity contribution in [1.29, 1.82) is 5.26 Å². The maximum Gasteiger partial charge on any atom is 0.262 e. The van der Waals surface area contributed by atoms with Gasteiger partial charge in [-0.15, -0.1) is 0 Å². The number of nitrogens with zero attached hydrogens (tertiary/aromatic N) is 1. The summed E-state index contributed by atoms with van der Waals surface area (Å²) >= 11 is 0. The number of ether oxygens (including phenoxy) is 1. The molecule has 0 aliphatic carbocycles. The minimum atomic E-state index is -0.219. The van der Waals surface area contributed by atoms with Gasteiger partial charge < -0.3 is 10.1 Å². The van der Waals surface area contributed by atoms with Crippen LogP contribution >= 0.6 is 0 Å². The smallest absolute Gasteiger partial charge is 0.262 e. The molecular weight excluding hydrogens is 288 g/mol. The topological polar surface area (TPSA) is 62.1 Å². The van der Waals surface area contributed by atoms with E-state index in [0.717, 1.165) is 17.7 Å². The number of hydrogen-bond donors (Lipinski definition) is 1. The van der Waals surface area contributed by atoms with Crippen LogP contribution in [0.3, 0.4) is 0 Å². The minimum absolute atomic E-state index is 0.0935. The number of nitriles is 1. The van der Waals surface area contributed by atoms with Crippen LogP contribution in [0.2, 0.25) is 0 Å². The molecule has 118 valence electrons. The second-order valence-corrected chi connectivity index (χ2v) is 5.37. The number of para-hydroxylation sites is 1. The van der Waals surface area contributed by atoms with E-state index in [-0.39, 0.29) is 12.5 Å². The summed E-state index contributed by atoms with van der Waals surface area (Å²) in [6.45, 7) is 4.16. The molecule has 0 radical (unpaired) electrons. The van der Waals surface area contributed by atoms with E-state index in [1.807, 2.05) is 30.3 Å². The predicted molar refractivity (Wildman–Crippen MR) is 90.4 cm³/mol. The largest absolute Gasteiger partial charge is 0.484 e. The number of carbonyl (C=O) groups is 1. The summed E-state index contributed by atoms with van der Waals surface area (Å²) in [5.74, 6) is 0.664. The third-order valence-electron chi connectivity index (χ3n) is 3.71. The van der Waals surface area contributed by atoms with Crippen LogP contribution in [0.5, 0.6) is 5.75 Å². The van der Waals surface area contributed by atoms with Gasteiger partial charge in [-0.25, -0.2) is 0 Å². The highest BCUT2D eigenvalue weighted by molar-refractivity contribution is 5.92. The van der Waals surface area contributed by atoms with E-state index in [4.69, 9.17) is 10.00 Å². The van der Waals surface area contributed by atoms with Gasteiger partial charge in [0.05, 0.1) is 11.6 Å². The second kappa shape index (κ2) is 8.00. The molecule has 1 atom stereocenters. The van der Waals surface area contributed by atoms with Gasteiger partial charge in [0.2, 0.25) is 0 Å². The van der Waals surface area contributed by atoms with Crippen molar-refractivity contribution in [1.82, 2.24) is 0 Å². The standard InChI is InChI=1S/C19H20N2O2/c1-3-14(2)17-9-4-5-10-18(17)21-19(22)13-23-16-8-6-7-15(11-16)12-20/h4-11,14H,3,13H2,1-2H3,(H,21,22)/t14-/m0/s1. The zero-order valence-electron chi connectivity index (χ0n) is 13.4. The fourth-order valence-electron chi connectivity index (χ4n) is 2.25. The van der Waals surface area contributed by atoms with Crippen LogP contribution in [0.1, 0.15) is 37.3 Å². The molecular formula is C19H20N2O2. The summed E-state index contributed by atoms with van der Waals surface area (Å²) in [5.41, 5.74) is 2.45. The van der Waals surface area contributed by atoms with Gasteiger partial charge >= 0.3 is 0 Å². The molecule has 0 bridgehead atoms. The molecule has 2 aromatic carbocycles. The van der Waals surface area contributed by atoms with Gasteiger partial charge in [0, 0.05) is 5.69 Å². The van der Waals surface area contributed by atoms with Gasteiger partial charge in [0.25, 0.3) is 5.91 Å². The molecule has 1 N–H and O–H groups in total. The van der Waals surface area contributed by atoms with Crippen LogP contribution in [0.4, 0.5) is 5.69 Å². The Morgan fingerprint density at radius 1 is 1.26 bits per heavy atom. The highest BCUT2D eigenvalue weighted by atomic mass is 16.5. The summed E-state index contributed by atoms with van der Waals surface area (Å²) in [7, 11) is 0. The van der Waals surface area contributed by atoms with E-state index in [1.165, 1.54) is 0 Å². The Labute approximate surface area is 136 Å². The number of hydrogen-bond acceptors (Lipinski definition) is 3. The second-order valence-electron chi connectivity index (χ2n) is 5.37. The van der Waals surface area contributed by atoms with Crippen molar-refractivity contribution in [3.8, 4) is 11.8 Å². The van der Waals surface area contributed by atoms with Crippen LogP contribution in [0.25, 0.3) is 0 Å². The summed E-state index contributed by atoms with van der Waals surface area (Å²) < 4.78 is 5.45. The number of benzene rings is 2. The highest BCUT2D eigenvalue weighted by Gasteiger charge is 2.11. The lowest BCUT2D eigenvalue weighted by molar-refractivity contribution is -0.118. The molecule has 1 amide bonds. The maximum atomic E-state index is 12.1. The lowest BCUT2D eigenvalue weighted by Crippen LogP contribution is -2.21. The molecule has 2 rings (SSSR count). The highest BCUT2D eigenvalue weighted by Crippen LogP contribution is 2.26. The van der Waals surface area contributed by atoms with Crippen LogP contribution < -0.4 is 10.1 Å². The number of amides is 1. The quantitative estimate of drug-likeness (QED) is 0.874. The zero-order chi connectivity index (χ0) is 16.7. The molecule has 4 heteroatoms. The van der Waals surface area contributed by atoms with Crippen molar-refractivity contribution in [2.24, 2.45) is 0 Å². The lowest BCUT2D eigenvalue weighted by atomic mass is 9.97.